The Balaban J connectivity index is 1.31. The fourth-order valence-electron chi connectivity index (χ4n) is 4.76. The molecule has 0 bridgehead atoms. The lowest BCUT2D eigenvalue weighted by Gasteiger charge is -2.21. The Bertz CT molecular complexity index is 1190. The van der Waals surface area contributed by atoms with Crippen LogP contribution in [-0.2, 0) is 15.9 Å². The van der Waals surface area contributed by atoms with Gasteiger partial charge in [-0.1, -0.05) is 49.6 Å². The van der Waals surface area contributed by atoms with Gasteiger partial charge in [0.15, 0.2) is 0 Å². The molecule has 0 spiro atoms. The molecular formula is C31H44N8O3. The van der Waals surface area contributed by atoms with Crippen LogP contribution in [-0.4, -0.2) is 73.5 Å². The first-order valence-electron chi connectivity index (χ1n) is 15.0. The number of carbonyl (C=O) groups is 1. The Kier molecular flexibility index (Phi) is 13.3. The van der Waals surface area contributed by atoms with Crippen LogP contribution in [0.3, 0.4) is 0 Å². The molecule has 0 aliphatic heterocycles. The standard InChI is InChI=1S/C31H44N8O3/c32-16-19-41-21-22-42-20-18-33-28(40)26-11-13-27(14-12-26)36-31-38-29(34-17-15-24-7-3-1-4-8-24)37-30(39-31)35-23-25-9-5-2-6-10-25/h1,3-4,7-8,11-14,25H,2,5-6,9-10,15-23,32H2,(H,33,40)(H3,34,35,36,37,38,39). The maximum Gasteiger partial charge on any atom is 0.251 e. The van der Waals surface area contributed by atoms with Crippen molar-refractivity contribution in [1.82, 2.24) is 20.3 Å². The summed E-state index contributed by atoms with van der Waals surface area (Å²) in [6, 6.07) is 17.5. The number of anilines is 4. The van der Waals surface area contributed by atoms with Gasteiger partial charge in [0, 0.05) is 37.4 Å². The lowest BCUT2D eigenvalue weighted by Crippen LogP contribution is -2.27. The van der Waals surface area contributed by atoms with E-state index in [1.54, 1.807) is 12.1 Å². The molecule has 0 saturated heterocycles. The van der Waals surface area contributed by atoms with E-state index in [4.69, 9.17) is 15.2 Å². The quantitative estimate of drug-likeness (QED) is 0.141. The van der Waals surface area contributed by atoms with Crippen LogP contribution in [0.15, 0.2) is 54.6 Å². The number of aromatic nitrogens is 3. The third-order valence-electron chi connectivity index (χ3n) is 7.02. The molecule has 4 rings (SSSR count). The Morgan fingerprint density at radius 3 is 2.21 bits per heavy atom. The monoisotopic (exact) mass is 576 g/mol. The normalized spacial score (nSPS) is 13.5. The second-order valence-corrected chi connectivity index (χ2v) is 10.3. The minimum atomic E-state index is -0.163. The summed E-state index contributed by atoms with van der Waals surface area (Å²) in [5.41, 5.74) is 7.95. The average Bonchev–Trinajstić information content (AvgIpc) is 3.02. The number of amides is 1. The van der Waals surface area contributed by atoms with E-state index in [1.807, 2.05) is 30.3 Å². The number of nitrogens with one attached hydrogen (secondary N) is 4. The molecule has 42 heavy (non-hydrogen) atoms. The Hall–Kier alpha value is -3.80. The van der Waals surface area contributed by atoms with Gasteiger partial charge in [-0.2, -0.15) is 15.0 Å². The first-order chi connectivity index (χ1) is 20.7. The molecule has 11 heteroatoms. The maximum atomic E-state index is 12.5. The molecule has 226 valence electrons. The van der Waals surface area contributed by atoms with Crippen molar-refractivity contribution in [3.63, 3.8) is 0 Å². The van der Waals surface area contributed by atoms with Gasteiger partial charge >= 0.3 is 0 Å². The SMILES string of the molecule is NCCOCCOCCNC(=O)c1ccc(Nc2nc(NCCc3ccccc3)nc(NCC3CCCCC3)n2)cc1. The van der Waals surface area contributed by atoms with Crippen molar-refractivity contribution in [1.29, 1.82) is 0 Å². The van der Waals surface area contributed by atoms with Crippen LogP contribution in [0.1, 0.15) is 48.0 Å². The largest absolute Gasteiger partial charge is 0.378 e. The summed E-state index contributed by atoms with van der Waals surface area (Å²) in [6.45, 7) is 4.35. The van der Waals surface area contributed by atoms with Crippen LogP contribution < -0.4 is 27.0 Å². The minimum absolute atomic E-state index is 0.163. The lowest BCUT2D eigenvalue weighted by atomic mass is 9.89. The van der Waals surface area contributed by atoms with E-state index in [2.05, 4.69) is 48.4 Å². The number of benzene rings is 2. The maximum absolute atomic E-state index is 12.5. The summed E-state index contributed by atoms with van der Waals surface area (Å²) in [7, 11) is 0. The summed E-state index contributed by atoms with van der Waals surface area (Å²) in [5, 5.41) is 12.9. The third kappa shape index (κ3) is 11.2. The van der Waals surface area contributed by atoms with Crippen molar-refractivity contribution >= 4 is 29.4 Å². The van der Waals surface area contributed by atoms with Crippen LogP contribution >= 0.6 is 0 Å². The number of hydrogen-bond donors (Lipinski definition) is 5. The van der Waals surface area contributed by atoms with E-state index in [9.17, 15) is 4.79 Å². The Labute approximate surface area is 248 Å². The van der Waals surface area contributed by atoms with Crippen LogP contribution in [0.4, 0.5) is 23.5 Å². The highest BCUT2D eigenvalue weighted by atomic mass is 16.5. The molecule has 0 atom stereocenters. The molecule has 11 nitrogen and oxygen atoms in total. The van der Waals surface area contributed by atoms with Crippen LogP contribution in [0.5, 0.6) is 0 Å². The molecule has 1 heterocycles. The van der Waals surface area contributed by atoms with Crippen molar-refractivity contribution in [2.45, 2.75) is 38.5 Å². The number of ether oxygens (including phenoxy) is 2. The zero-order valence-corrected chi connectivity index (χ0v) is 24.3. The second-order valence-electron chi connectivity index (χ2n) is 10.3. The van der Waals surface area contributed by atoms with Gasteiger partial charge < -0.3 is 36.5 Å². The summed E-state index contributed by atoms with van der Waals surface area (Å²) in [4.78, 5) is 26.4. The van der Waals surface area contributed by atoms with Crippen molar-refractivity contribution in [3.8, 4) is 0 Å². The summed E-state index contributed by atoms with van der Waals surface area (Å²) < 4.78 is 10.7. The molecule has 0 unspecified atom stereocenters. The van der Waals surface area contributed by atoms with E-state index in [0.717, 1.165) is 18.7 Å². The van der Waals surface area contributed by atoms with Gasteiger partial charge in [-0.05, 0) is 55.0 Å². The van der Waals surface area contributed by atoms with Gasteiger partial charge in [0.1, 0.15) is 0 Å². The topological polar surface area (TPSA) is 148 Å². The van der Waals surface area contributed by atoms with E-state index < -0.39 is 0 Å². The molecule has 1 amide bonds. The highest BCUT2D eigenvalue weighted by Crippen LogP contribution is 2.24. The van der Waals surface area contributed by atoms with Gasteiger partial charge in [0.05, 0.1) is 26.4 Å². The lowest BCUT2D eigenvalue weighted by molar-refractivity contribution is 0.0511. The average molecular weight is 577 g/mol. The highest BCUT2D eigenvalue weighted by Gasteiger charge is 2.15. The molecule has 6 N–H and O–H groups in total. The zero-order valence-electron chi connectivity index (χ0n) is 24.3. The molecule has 1 aromatic heterocycles. The zero-order chi connectivity index (χ0) is 29.2. The number of rotatable bonds is 18. The van der Waals surface area contributed by atoms with Crippen molar-refractivity contribution in [3.05, 3.63) is 65.7 Å². The molecule has 1 aliphatic carbocycles. The predicted octanol–water partition coefficient (Wildman–Crippen LogP) is 3.98. The Morgan fingerprint density at radius 1 is 0.786 bits per heavy atom. The number of carbonyl (C=O) groups excluding carboxylic acids is 1. The van der Waals surface area contributed by atoms with E-state index in [1.165, 1.54) is 37.7 Å². The molecular weight excluding hydrogens is 532 g/mol. The predicted molar refractivity (Wildman–Crippen MR) is 166 cm³/mol. The first kappa shape index (κ1) is 31.1. The fraction of sp³-hybridized carbons (Fsp3) is 0.484. The Morgan fingerprint density at radius 2 is 1.48 bits per heavy atom. The smallest absolute Gasteiger partial charge is 0.251 e. The van der Waals surface area contributed by atoms with E-state index in [-0.39, 0.29) is 5.91 Å². The molecule has 1 fully saturated rings. The molecule has 1 saturated carbocycles. The number of nitrogens with two attached hydrogens (primary N) is 1. The number of nitrogens with zero attached hydrogens (tertiary/aromatic N) is 3. The summed E-state index contributed by atoms with van der Waals surface area (Å²) in [5.74, 6) is 1.97. The highest BCUT2D eigenvalue weighted by molar-refractivity contribution is 5.94. The summed E-state index contributed by atoms with van der Waals surface area (Å²) in [6.07, 6.45) is 7.24. The molecule has 2 aromatic carbocycles. The van der Waals surface area contributed by atoms with Gasteiger partial charge in [-0.15, -0.1) is 0 Å². The molecule has 1 aliphatic rings. The van der Waals surface area contributed by atoms with Crippen molar-refractivity contribution in [2.75, 3.05) is 68.6 Å². The van der Waals surface area contributed by atoms with Crippen molar-refractivity contribution < 1.29 is 14.3 Å². The van der Waals surface area contributed by atoms with Gasteiger partial charge in [-0.3, -0.25) is 4.79 Å². The van der Waals surface area contributed by atoms with Crippen LogP contribution in [0.2, 0.25) is 0 Å². The van der Waals surface area contributed by atoms with E-state index in [0.29, 0.717) is 75.4 Å². The number of hydrogen-bond acceptors (Lipinski definition) is 10. The first-order valence-corrected chi connectivity index (χ1v) is 15.0. The van der Waals surface area contributed by atoms with Gasteiger partial charge in [-0.25, -0.2) is 0 Å². The van der Waals surface area contributed by atoms with Crippen molar-refractivity contribution in [2.24, 2.45) is 11.7 Å². The minimum Gasteiger partial charge on any atom is -0.378 e. The van der Waals surface area contributed by atoms with Crippen LogP contribution in [0, 0.1) is 5.92 Å². The van der Waals surface area contributed by atoms with E-state index >= 15 is 0 Å². The second kappa shape index (κ2) is 17.9. The fourth-order valence-corrected chi connectivity index (χ4v) is 4.76. The van der Waals surface area contributed by atoms with Gasteiger partial charge in [0.2, 0.25) is 17.8 Å². The third-order valence-corrected chi connectivity index (χ3v) is 7.02. The molecule has 3 aromatic rings. The van der Waals surface area contributed by atoms with Gasteiger partial charge in [0.25, 0.3) is 5.91 Å². The molecule has 0 radical (unpaired) electrons. The summed E-state index contributed by atoms with van der Waals surface area (Å²) >= 11 is 0. The van der Waals surface area contributed by atoms with Crippen LogP contribution in [0.25, 0.3) is 0 Å².